The van der Waals surface area contributed by atoms with E-state index in [0.29, 0.717) is 6.54 Å². The quantitative estimate of drug-likeness (QED) is 0.519. The summed E-state index contributed by atoms with van der Waals surface area (Å²) in [5.74, 6) is 0. The molecule has 2 nitrogen and oxygen atoms in total. The van der Waals surface area contributed by atoms with Crippen LogP contribution >= 0.6 is 0 Å². The lowest BCUT2D eigenvalue weighted by Gasteiger charge is -1.94. The molecule has 0 fully saturated rings. The van der Waals surface area contributed by atoms with Crippen molar-refractivity contribution in [2.75, 3.05) is 13.2 Å². The third-order valence-electron chi connectivity index (χ3n) is 1.06. The summed E-state index contributed by atoms with van der Waals surface area (Å²) in [5.41, 5.74) is 6.21. The van der Waals surface area contributed by atoms with Gasteiger partial charge < -0.3 is 10.8 Å². The van der Waals surface area contributed by atoms with Gasteiger partial charge in [-0.05, 0) is 12.0 Å². The summed E-state index contributed by atoms with van der Waals surface area (Å²) in [6.45, 7) is 2.68. The zero-order chi connectivity index (χ0) is 6.41. The third-order valence-corrected chi connectivity index (χ3v) is 1.06. The molecule has 0 aliphatic rings. The van der Waals surface area contributed by atoms with Gasteiger partial charge >= 0.3 is 0 Å². The van der Waals surface area contributed by atoms with Gasteiger partial charge in [-0.2, -0.15) is 0 Å². The predicted molar refractivity (Wildman–Crippen MR) is 34.5 cm³/mol. The molecule has 0 saturated carbocycles. The number of nitrogens with two attached hydrogens (primary N) is 1. The summed E-state index contributed by atoms with van der Waals surface area (Å²) in [7, 11) is 0. The van der Waals surface area contributed by atoms with Gasteiger partial charge in [0.05, 0.1) is 6.61 Å². The van der Waals surface area contributed by atoms with E-state index in [-0.39, 0.29) is 6.61 Å². The Balaban J connectivity index is 3.49. The molecule has 8 heavy (non-hydrogen) atoms. The van der Waals surface area contributed by atoms with Crippen LogP contribution in [0.5, 0.6) is 0 Å². The zero-order valence-electron chi connectivity index (χ0n) is 5.22. The third kappa shape index (κ3) is 2.77. The molecule has 0 saturated heterocycles. The van der Waals surface area contributed by atoms with Crippen LogP contribution in [0.25, 0.3) is 0 Å². The molecular formula is C6H13NO. The maximum absolute atomic E-state index is 8.53. The van der Waals surface area contributed by atoms with Gasteiger partial charge in [0.15, 0.2) is 0 Å². The van der Waals surface area contributed by atoms with Crippen LogP contribution in [-0.2, 0) is 0 Å². The Kier molecular flexibility index (Phi) is 4.61. The van der Waals surface area contributed by atoms with Crippen LogP contribution in [0.4, 0.5) is 0 Å². The van der Waals surface area contributed by atoms with Gasteiger partial charge in [-0.3, -0.25) is 0 Å². The van der Waals surface area contributed by atoms with Gasteiger partial charge in [-0.15, -0.1) is 0 Å². The average molecular weight is 115 g/mol. The Bertz CT molecular complexity index is 72.6. The van der Waals surface area contributed by atoms with E-state index < -0.39 is 0 Å². The van der Waals surface area contributed by atoms with E-state index in [1.54, 1.807) is 0 Å². The molecule has 0 spiro atoms. The SMILES string of the molecule is CC/C(=C/CN)CO. The first-order valence-electron chi connectivity index (χ1n) is 2.84. The largest absolute Gasteiger partial charge is 0.392 e. The van der Waals surface area contributed by atoms with Crippen molar-refractivity contribution in [3.05, 3.63) is 11.6 Å². The van der Waals surface area contributed by atoms with Crippen molar-refractivity contribution in [2.24, 2.45) is 5.73 Å². The number of aliphatic hydroxyl groups is 1. The molecule has 0 unspecified atom stereocenters. The standard InChI is InChI=1S/C6H13NO/c1-2-6(5-8)3-4-7/h3,8H,2,4-5,7H2,1H3/b6-3-. The molecule has 0 aromatic heterocycles. The van der Waals surface area contributed by atoms with Crippen molar-refractivity contribution < 1.29 is 5.11 Å². The molecule has 48 valence electrons. The smallest absolute Gasteiger partial charge is 0.0642 e. The van der Waals surface area contributed by atoms with Crippen LogP contribution in [0, 0.1) is 0 Å². The van der Waals surface area contributed by atoms with Crippen LogP contribution in [-0.4, -0.2) is 18.3 Å². The van der Waals surface area contributed by atoms with Gasteiger partial charge in [0.1, 0.15) is 0 Å². The summed E-state index contributed by atoms with van der Waals surface area (Å²) < 4.78 is 0. The fourth-order valence-corrected chi connectivity index (χ4v) is 0.487. The Morgan fingerprint density at radius 3 is 2.50 bits per heavy atom. The topological polar surface area (TPSA) is 46.2 Å². The molecule has 0 aliphatic heterocycles. The summed E-state index contributed by atoms with van der Waals surface area (Å²) in [6.07, 6.45) is 2.74. The van der Waals surface area contributed by atoms with E-state index in [2.05, 4.69) is 0 Å². The van der Waals surface area contributed by atoms with Crippen molar-refractivity contribution >= 4 is 0 Å². The minimum atomic E-state index is 0.147. The summed E-state index contributed by atoms with van der Waals surface area (Å²) in [6, 6.07) is 0. The fraction of sp³-hybridized carbons (Fsp3) is 0.667. The molecule has 2 heteroatoms. The molecule has 0 atom stereocenters. The molecular weight excluding hydrogens is 102 g/mol. The maximum atomic E-state index is 8.53. The van der Waals surface area contributed by atoms with E-state index in [9.17, 15) is 0 Å². The van der Waals surface area contributed by atoms with Gasteiger partial charge in [0.2, 0.25) is 0 Å². The summed E-state index contributed by atoms with van der Waals surface area (Å²) in [5, 5.41) is 8.53. The van der Waals surface area contributed by atoms with Crippen molar-refractivity contribution in [1.82, 2.24) is 0 Å². The molecule has 0 aromatic carbocycles. The van der Waals surface area contributed by atoms with Crippen molar-refractivity contribution in [3.63, 3.8) is 0 Å². The molecule has 3 N–H and O–H groups in total. The summed E-state index contributed by atoms with van der Waals surface area (Å²) in [4.78, 5) is 0. The highest BCUT2D eigenvalue weighted by Gasteiger charge is 1.85. The second kappa shape index (κ2) is 4.81. The molecule has 0 radical (unpaired) electrons. The Hall–Kier alpha value is -0.340. The highest BCUT2D eigenvalue weighted by atomic mass is 16.3. The Labute approximate surface area is 50.0 Å². The van der Waals surface area contributed by atoms with Gasteiger partial charge in [0, 0.05) is 6.54 Å². The number of hydrogen-bond acceptors (Lipinski definition) is 2. The monoisotopic (exact) mass is 115 g/mol. The highest BCUT2D eigenvalue weighted by Crippen LogP contribution is 1.95. The molecule has 0 aromatic rings. The number of hydrogen-bond donors (Lipinski definition) is 2. The van der Waals surface area contributed by atoms with Gasteiger partial charge in [-0.1, -0.05) is 13.0 Å². The molecule has 0 bridgehead atoms. The van der Waals surface area contributed by atoms with Crippen LogP contribution in [0.3, 0.4) is 0 Å². The fourth-order valence-electron chi connectivity index (χ4n) is 0.487. The number of aliphatic hydroxyl groups excluding tert-OH is 1. The highest BCUT2D eigenvalue weighted by molar-refractivity contribution is 5.01. The molecule has 0 heterocycles. The zero-order valence-corrected chi connectivity index (χ0v) is 5.22. The predicted octanol–water partition coefficient (Wildman–Crippen LogP) is 0.274. The van der Waals surface area contributed by atoms with Crippen LogP contribution in [0.1, 0.15) is 13.3 Å². The lowest BCUT2D eigenvalue weighted by atomic mass is 10.2. The number of rotatable bonds is 3. The second-order valence-corrected chi connectivity index (χ2v) is 1.61. The summed E-state index contributed by atoms with van der Waals surface area (Å²) >= 11 is 0. The van der Waals surface area contributed by atoms with E-state index in [0.717, 1.165) is 12.0 Å². The van der Waals surface area contributed by atoms with E-state index in [4.69, 9.17) is 10.8 Å². The van der Waals surface area contributed by atoms with E-state index in [1.807, 2.05) is 13.0 Å². The first-order chi connectivity index (χ1) is 3.85. The Morgan fingerprint density at radius 2 is 2.38 bits per heavy atom. The average Bonchev–Trinajstić information content (AvgIpc) is 1.83. The van der Waals surface area contributed by atoms with Crippen LogP contribution in [0.15, 0.2) is 11.6 Å². The van der Waals surface area contributed by atoms with Crippen LogP contribution < -0.4 is 5.73 Å². The first kappa shape index (κ1) is 7.66. The van der Waals surface area contributed by atoms with Gasteiger partial charge in [0.25, 0.3) is 0 Å². The van der Waals surface area contributed by atoms with Crippen molar-refractivity contribution in [3.8, 4) is 0 Å². The lowest BCUT2D eigenvalue weighted by molar-refractivity contribution is 0.327. The molecule has 0 aliphatic carbocycles. The van der Waals surface area contributed by atoms with Crippen molar-refractivity contribution in [1.29, 1.82) is 0 Å². The minimum absolute atomic E-state index is 0.147. The van der Waals surface area contributed by atoms with E-state index in [1.165, 1.54) is 0 Å². The van der Waals surface area contributed by atoms with Crippen molar-refractivity contribution in [2.45, 2.75) is 13.3 Å². The first-order valence-corrected chi connectivity index (χ1v) is 2.84. The molecule has 0 amide bonds. The second-order valence-electron chi connectivity index (χ2n) is 1.61. The molecule has 0 rings (SSSR count). The van der Waals surface area contributed by atoms with Gasteiger partial charge in [-0.25, -0.2) is 0 Å². The maximum Gasteiger partial charge on any atom is 0.0642 e. The minimum Gasteiger partial charge on any atom is -0.392 e. The Morgan fingerprint density at radius 1 is 1.75 bits per heavy atom. The lowest BCUT2D eigenvalue weighted by Crippen LogP contribution is -1.97. The normalized spacial score (nSPS) is 12.1. The van der Waals surface area contributed by atoms with E-state index >= 15 is 0 Å². The van der Waals surface area contributed by atoms with Crippen LogP contribution in [0.2, 0.25) is 0 Å².